The Morgan fingerprint density at radius 3 is 2.57 bits per heavy atom. The van der Waals surface area contributed by atoms with Gasteiger partial charge in [-0.1, -0.05) is 20.8 Å². The number of nitrogens with zero attached hydrogens (tertiary/aromatic N) is 1. The molecule has 7 heteroatoms. The number of H-pyrrole nitrogens is 1. The Kier molecular flexibility index (Phi) is 6.87. The zero-order valence-electron chi connectivity index (χ0n) is 13.2. The second-order valence-corrected chi connectivity index (χ2v) is 6.95. The summed E-state index contributed by atoms with van der Waals surface area (Å²) < 4.78 is 1.42. The van der Waals surface area contributed by atoms with Gasteiger partial charge < -0.3 is 11.1 Å². The standard InChI is InChI=1S/C14H26N4O2S/c1-5-21-7-6-10(4)16-11-12(15)18(8-9(2)3)14(20)17-13(11)19/h9-10,16H,5-8,15H2,1-4H3,(H,17,19,20). The molecule has 0 aliphatic carbocycles. The Bertz CT molecular complexity index is 565. The smallest absolute Gasteiger partial charge is 0.330 e. The molecule has 0 radical (unpaired) electrons. The molecule has 1 heterocycles. The number of anilines is 2. The number of thioether (sulfide) groups is 1. The number of nitrogen functional groups attached to an aromatic ring is 1. The van der Waals surface area contributed by atoms with Crippen molar-refractivity contribution in [2.24, 2.45) is 5.92 Å². The Hall–Kier alpha value is -1.37. The number of nitrogens with one attached hydrogen (secondary N) is 2. The van der Waals surface area contributed by atoms with E-state index in [0.717, 1.165) is 17.9 Å². The van der Waals surface area contributed by atoms with Crippen LogP contribution in [0.4, 0.5) is 11.5 Å². The molecule has 1 rings (SSSR count). The minimum Gasteiger partial charge on any atom is -0.383 e. The first-order valence-corrected chi connectivity index (χ1v) is 8.49. The summed E-state index contributed by atoms with van der Waals surface area (Å²) >= 11 is 1.86. The van der Waals surface area contributed by atoms with E-state index in [1.54, 1.807) is 0 Å². The van der Waals surface area contributed by atoms with Gasteiger partial charge in [-0.15, -0.1) is 0 Å². The van der Waals surface area contributed by atoms with Crippen LogP contribution in [0.2, 0.25) is 0 Å². The highest BCUT2D eigenvalue weighted by Gasteiger charge is 2.14. The van der Waals surface area contributed by atoms with Crippen molar-refractivity contribution in [2.45, 2.75) is 46.7 Å². The average molecular weight is 314 g/mol. The van der Waals surface area contributed by atoms with Crippen LogP contribution < -0.4 is 22.3 Å². The second-order valence-electron chi connectivity index (χ2n) is 5.55. The lowest BCUT2D eigenvalue weighted by Gasteiger charge is -2.18. The first-order chi connectivity index (χ1) is 9.86. The summed E-state index contributed by atoms with van der Waals surface area (Å²) in [6, 6.07) is 0.123. The summed E-state index contributed by atoms with van der Waals surface area (Å²) in [4.78, 5) is 26.1. The van der Waals surface area contributed by atoms with E-state index in [1.165, 1.54) is 4.57 Å². The van der Waals surface area contributed by atoms with E-state index < -0.39 is 11.2 Å². The zero-order chi connectivity index (χ0) is 16.0. The molecule has 1 atom stereocenters. The van der Waals surface area contributed by atoms with Crippen molar-refractivity contribution in [1.82, 2.24) is 9.55 Å². The molecule has 0 aliphatic heterocycles. The number of hydrogen-bond donors (Lipinski definition) is 3. The predicted molar refractivity (Wildman–Crippen MR) is 91.3 cm³/mol. The molecule has 4 N–H and O–H groups in total. The minimum absolute atomic E-state index is 0.123. The lowest BCUT2D eigenvalue weighted by atomic mass is 10.2. The highest BCUT2D eigenvalue weighted by molar-refractivity contribution is 7.99. The molecule has 1 aromatic rings. The number of aromatic nitrogens is 2. The molecule has 0 saturated carbocycles. The van der Waals surface area contributed by atoms with Gasteiger partial charge in [0, 0.05) is 12.6 Å². The van der Waals surface area contributed by atoms with Crippen LogP contribution in [0.25, 0.3) is 0 Å². The Morgan fingerprint density at radius 2 is 2.00 bits per heavy atom. The van der Waals surface area contributed by atoms with Crippen LogP contribution in [0.3, 0.4) is 0 Å². The summed E-state index contributed by atoms with van der Waals surface area (Å²) in [7, 11) is 0. The van der Waals surface area contributed by atoms with E-state index in [2.05, 4.69) is 17.2 Å². The van der Waals surface area contributed by atoms with Gasteiger partial charge in [0.1, 0.15) is 11.5 Å². The van der Waals surface area contributed by atoms with Crippen LogP contribution >= 0.6 is 11.8 Å². The minimum atomic E-state index is -0.453. The van der Waals surface area contributed by atoms with E-state index in [-0.39, 0.29) is 17.8 Å². The van der Waals surface area contributed by atoms with E-state index >= 15 is 0 Å². The van der Waals surface area contributed by atoms with Crippen molar-refractivity contribution in [1.29, 1.82) is 0 Å². The Balaban J connectivity index is 2.96. The van der Waals surface area contributed by atoms with E-state index in [1.807, 2.05) is 32.5 Å². The molecule has 0 aromatic carbocycles. The van der Waals surface area contributed by atoms with Crippen molar-refractivity contribution in [3.8, 4) is 0 Å². The van der Waals surface area contributed by atoms with Gasteiger partial charge in [0.25, 0.3) is 5.56 Å². The highest BCUT2D eigenvalue weighted by atomic mass is 32.2. The Morgan fingerprint density at radius 1 is 1.33 bits per heavy atom. The van der Waals surface area contributed by atoms with Gasteiger partial charge in [0.05, 0.1) is 0 Å². The maximum Gasteiger partial charge on any atom is 0.330 e. The van der Waals surface area contributed by atoms with Crippen molar-refractivity contribution in [3.63, 3.8) is 0 Å². The van der Waals surface area contributed by atoms with Gasteiger partial charge in [0.2, 0.25) is 0 Å². The average Bonchev–Trinajstić information content (AvgIpc) is 2.39. The van der Waals surface area contributed by atoms with Crippen LogP contribution in [0, 0.1) is 5.92 Å². The van der Waals surface area contributed by atoms with Crippen molar-refractivity contribution in [3.05, 3.63) is 20.8 Å². The van der Waals surface area contributed by atoms with Gasteiger partial charge in [-0.05, 0) is 30.8 Å². The Labute approximate surface area is 129 Å². The number of nitrogens with two attached hydrogens (primary N) is 1. The summed E-state index contributed by atoms with van der Waals surface area (Å²) in [5.41, 5.74) is 5.40. The van der Waals surface area contributed by atoms with Gasteiger partial charge in [-0.25, -0.2) is 4.79 Å². The van der Waals surface area contributed by atoms with Crippen LogP contribution in [0.15, 0.2) is 9.59 Å². The topological polar surface area (TPSA) is 92.9 Å². The maximum absolute atomic E-state index is 11.9. The third kappa shape index (κ3) is 5.15. The van der Waals surface area contributed by atoms with Crippen molar-refractivity contribution >= 4 is 23.3 Å². The molecule has 0 spiro atoms. The lowest BCUT2D eigenvalue weighted by Crippen LogP contribution is -2.36. The molecule has 0 saturated heterocycles. The molecule has 0 bridgehead atoms. The van der Waals surface area contributed by atoms with Crippen LogP contribution in [0.1, 0.15) is 34.1 Å². The van der Waals surface area contributed by atoms with Gasteiger partial charge in [-0.3, -0.25) is 14.3 Å². The van der Waals surface area contributed by atoms with E-state index in [9.17, 15) is 9.59 Å². The van der Waals surface area contributed by atoms with Crippen molar-refractivity contribution in [2.75, 3.05) is 22.6 Å². The predicted octanol–water partition coefficient (Wildman–Crippen LogP) is 1.72. The zero-order valence-corrected chi connectivity index (χ0v) is 14.0. The third-order valence-corrected chi connectivity index (χ3v) is 4.01. The monoisotopic (exact) mass is 314 g/mol. The SMILES string of the molecule is CCSCCC(C)Nc1c(N)n(CC(C)C)c(=O)[nH]c1=O. The van der Waals surface area contributed by atoms with Gasteiger partial charge >= 0.3 is 5.69 Å². The first-order valence-electron chi connectivity index (χ1n) is 7.33. The molecule has 1 unspecified atom stereocenters. The molecular formula is C14H26N4O2S. The lowest BCUT2D eigenvalue weighted by molar-refractivity contribution is 0.508. The fourth-order valence-electron chi connectivity index (χ4n) is 2.00. The fourth-order valence-corrected chi connectivity index (χ4v) is 2.81. The summed E-state index contributed by atoms with van der Waals surface area (Å²) in [5, 5.41) is 3.14. The summed E-state index contributed by atoms with van der Waals surface area (Å²) in [6.45, 7) is 8.60. The van der Waals surface area contributed by atoms with E-state index in [0.29, 0.717) is 12.2 Å². The van der Waals surface area contributed by atoms with Crippen LogP contribution in [-0.4, -0.2) is 27.1 Å². The first kappa shape index (κ1) is 17.7. The van der Waals surface area contributed by atoms with Gasteiger partial charge in [0.15, 0.2) is 0 Å². The molecule has 0 amide bonds. The summed E-state index contributed by atoms with van der Waals surface area (Å²) in [5.74, 6) is 2.58. The number of aromatic amines is 1. The van der Waals surface area contributed by atoms with E-state index in [4.69, 9.17) is 5.73 Å². The molecule has 1 aromatic heterocycles. The normalized spacial score (nSPS) is 12.6. The van der Waals surface area contributed by atoms with Gasteiger partial charge in [-0.2, -0.15) is 11.8 Å². The number of hydrogen-bond acceptors (Lipinski definition) is 5. The summed E-state index contributed by atoms with van der Waals surface area (Å²) in [6.07, 6.45) is 0.931. The van der Waals surface area contributed by atoms with Crippen LogP contribution in [-0.2, 0) is 6.54 Å². The quantitative estimate of drug-likeness (QED) is 0.635. The molecule has 0 fully saturated rings. The molecule has 0 aliphatic rings. The fraction of sp³-hybridized carbons (Fsp3) is 0.714. The molecular weight excluding hydrogens is 288 g/mol. The van der Waals surface area contributed by atoms with Crippen LogP contribution in [0.5, 0.6) is 0 Å². The maximum atomic E-state index is 11.9. The molecule has 6 nitrogen and oxygen atoms in total. The third-order valence-electron chi connectivity index (χ3n) is 3.08. The van der Waals surface area contributed by atoms with Crippen molar-refractivity contribution < 1.29 is 0 Å². The molecule has 21 heavy (non-hydrogen) atoms. The number of rotatable bonds is 8. The largest absolute Gasteiger partial charge is 0.383 e. The highest BCUT2D eigenvalue weighted by Crippen LogP contribution is 2.15. The second kappa shape index (κ2) is 8.17. The molecule has 120 valence electrons.